The first-order valence-corrected chi connectivity index (χ1v) is 10.8. The molecule has 0 unspecified atom stereocenters. The summed E-state index contributed by atoms with van der Waals surface area (Å²) in [5.41, 5.74) is 0.337. The molecule has 5 nitrogen and oxygen atoms in total. The molecule has 2 aromatic carbocycles. The van der Waals surface area contributed by atoms with Crippen molar-refractivity contribution in [3.63, 3.8) is 0 Å². The Balaban J connectivity index is 1.64. The van der Waals surface area contributed by atoms with Gasteiger partial charge in [-0.3, -0.25) is 0 Å². The predicted molar refractivity (Wildman–Crippen MR) is 110 cm³/mol. The van der Waals surface area contributed by atoms with Gasteiger partial charge >= 0.3 is 11.9 Å². The zero-order chi connectivity index (χ0) is 20.2. The second-order valence-corrected chi connectivity index (χ2v) is 8.20. The lowest BCUT2D eigenvalue weighted by atomic mass is 9.96. The molecule has 154 valence electrons. The molecule has 0 aromatic heterocycles. The van der Waals surface area contributed by atoms with Crippen molar-refractivity contribution in [2.45, 2.75) is 76.4 Å². The van der Waals surface area contributed by atoms with Crippen LogP contribution in [0.4, 0.5) is 0 Å². The van der Waals surface area contributed by atoms with Gasteiger partial charge in [-0.15, -0.1) is 0 Å². The maximum atomic E-state index is 12.9. The number of phenolic OH excluding ortho intramolecular Hbond substituents is 1. The predicted octanol–water partition coefficient (Wildman–Crippen LogP) is 5.52. The van der Waals surface area contributed by atoms with E-state index < -0.39 is 11.9 Å². The lowest BCUT2D eigenvalue weighted by Gasteiger charge is -2.23. The first kappa shape index (κ1) is 19.7. The summed E-state index contributed by atoms with van der Waals surface area (Å²) in [6, 6.07) is 8.49. The van der Waals surface area contributed by atoms with Gasteiger partial charge in [-0.2, -0.15) is 0 Å². The van der Waals surface area contributed by atoms with Crippen LogP contribution in [-0.4, -0.2) is 29.3 Å². The summed E-state index contributed by atoms with van der Waals surface area (Å²) in [5, 5.41) is 11.8. The van der Waals surface area contributed by atoms with Gasteiger partial charge in [-0.25, -0.2) is 9.59 Å². The summed E-state index contributed by atoms with van der Waals surface area (Å²) in [5.74, 6) is -1.16. The van der Waals surface area contributed by atoms with Crippen molar-refractivity contribution < 1.29 is 24.2 Å². The quantitative estimate of drug-likeness (QED) is 0.689. The Morgan fingerprint density at radius 3 is 1.76 bits per heavy atom. The molecule has 5 heteroatoms. The van der Waals surface area contributed by atoms with Crippen LogP contribution < -0.4 is 0 Å². The van der Waals surface area contributed by atoms with Gasteiger partial charge in [-0.05, 0) is 62.8 Å². The molecular weight excluding hydrogens is 368 g/mol. The van der Waals surface area contributed by atoms with Gasteiger partial charge in [0.2, 0.25) is 0 Å². The number of fused-ring (bicyclic) bond motifs is 1. The van der Waals surface area contributed by atoms with Gasteiger partial charge in [0.05, 0.1) is 5.56 Å². The molecule has 2 fully saturated rings. The number of carbonyl (C=O) groups excluding carboxylic acids is 2. The molecule has 0 spiro atoms. The molecule has 0 heterocycles. The molecule has 2 aliphatic carbocycles. The van der Waals surface area contributed by atoms with E-state index in [1.54, 1.807) is 24.3 Å². The number of esters is 2. The number of ether oxygens (including phenoxy) is 2. The average Bonchev–Trinajstić information content (AvgIpc) is 2.75. The molecule has 0 radical (unpaired) electrons. The SMILES string of the molecule is O=C(OC1CCCCC1)c1cc(C(=O)OC2CCCCC2)c2ccccc2c1O. The number of aromatic hydroxyl groups is 1. The van der Waals surface area contributed by atoms with Crippen LogP contribution in [0.5, 0.6) is 5.75 Å². The lowest BCUT2D eigenvalue weighted by molar-refractivity contribution is 0.0208. The highest BCUT2D eigenvalue weighted by Crippen LogP contribution is 2.34. The molecule has 0 aliphatic heterocycles. The van der Waals surface area contributed by atoms with Gasteiger partial charge in [0.1, 0.15) is 23.5 Å². The third-order valence-corrected chi connectivity index (χ3v) is 6.11. The van der Waals surface area contributed by atoms with E-state index in [9.17, 15) is 14.7 Å². The fourth-order valence-electron chi connectivity index (χ4n) is 4.48. The summed E-state index contributed by atoms with van der Waals surface area (Å²) >= 11 is 0. The second kappa shape index (κ2) is 8.85. The van der Waals surface area contributed by atoms with Crippen LogP contribution in [0.1, 0.15) is 84.9 Å². The Morgan fingerprint density at radius 1 is 0.724 bits per heavy atom. The molecule has 0 amide bonds. The fourth-order valence-corrected chi connectivity index (χ4v) is 4.48. The summed E-state index contributed by atoms with van der Waals surface area (Å²) < 4.78 is 11.4. The first-order chi connectivity index (χ1) is 14.1. The molecule has 1 N–H and O–H groups in total. The van der Waals surface area contributed by atoms with Crippen LogP contribution >= 0.6 is 0 Å². The van der Waals surface area contributed by atoms with Crippen LogP contribution in [0.2, 0.25) is 0 Å². The van der Waals surface area contributed by atoms with E-state index in [4.69, 9.17) is 9.47 Å². The van der Waals surface area contributed by atoms with Crippen molar-refractivity contribution in [2.24, 2.45) is 0 Å². The minimum absolute atomic E-state index is 0.0323. The molecule has 0 atom stereocenters. The van der Waals surface area contributed by atoms with Crippen LogP contribution in [0.15, 0.2) is 30.3 Å². The van der Waals surface area contributed by atoms with E-state index >= 15 is 0 Å². The van der Waals surface area contributed by atoms with Gasteiger partial charge in [0, 0.05) is 5.39 Å². The molecule has 0 bridgehead atoms. The van der Waals surface area contributed by atoms with Crippen molar-refractivity contribution in [3.05, 3.63) is 41.5 Å². The maximum absolute atomic E-state index is 12.9. The first-order valence-electron chi connectivity index (χ1n) is 10.8. The standard InChI is InChI=1S/C24H28O5/c25-22-19-14-8-7-13-18(19)20(23(26)28-16-9-3-1-4-10-16)15-21(22)24(27)29-17-11-5-2-6-12-17/h7-8,13-17,25H,1-6,9-12H2. The third-order valence-electron chi connectivity index (χ3n) is 6.11. The average molecular weight is 396 g/mol. The molecule has 4 rings (SSSR count). The van der Waals surface area contributed by atoms with Crippen molar-refractivity contribution in [1.82, 2.24) is 0 Å². The van der Waals surface area contributed by atoms with Gasteiger partial charge < -0.3 is 14.6 Å². The highest BCUT2D eigenvalue weighted by Gasteiger charge is 2.26. The van der Waals surface area contributed by atoms with Crippen molar-refractivity contribution >= 4 is 22.7 Å². The van der Waals surface area contributed by atoms with Crippen LogP contribution in [-0.2, 0) is 9.47 Å². The van der Waals surface area contributed by atoms with Crippen LogP contribution in [0, 0.1) is 0 Å². The minimum atomic E-state index is -0.577. The zero-order valence-corrected chi connectivity index (χ0v) is 16.7. The Morgan fingerprint density at radius 2 is 1.21 bits per heavy atom. The lowest BCUT2D eigenvalue weighted by Crippen LogP contribution is -2.22. The molecule has 2 aromatic rings. The number of carbonyl (C=O) groups is 2. The van der Waals surface area contributed by atoms with Crippen molar-refractivity contribution in [2.75, 3.05) is 0 Å². The van der Waals surface area contributed by atoms with E-state index in [2.05, 4.69) is 0 Å². The smallest absolute Gasteiger partial charge is 0.342 e. The van der Waals surface area contributed by atoms with Crippen LogP contribution in [0.25, 0.3) is 10.8 Å². The molecule has 2 saturated carbocycles. The number of hydrogen-bond acceptors (Lipinski definition) is 5. The van der Waals surface area contributed by atoms with E-state index in [1.165, 1.54) is 12.5 Å². The van der Waals surface area contributed by atoms with E-state index in [-0.39, 0.29) is 23.5 Å². The Kier molecular flexibility index (Phi) is 6.02. The summed E-state index contributed by atoms with van der Waals surface area (Å²) in [4.78, 5) is 25.8. The van der Waals surface area contributed by atoms with Crippen molar-refractivity contribution in [3.8, 4) is 5.75 Å². The highest BCUT2D eigenvalue weighted by molar-refractivity contribution is 6.11. The van der Waals surface area contributed by atoms with Gasteiger partial charge in [0.15, 0.2) is 0 Å². The normalized spacial score (nSPS) is 18.5. The summed E-state index contributed by atoms with van der Waals surface area (Å²) in [6.07, 6.45) is 9.77. The minimum Gasteiger partial charge on any atom is -0.506 e. The Bertz CT molecular complexity index is 892. The van der Waals surface area contributed by atoms with E-state index in [0.29, 0.717) is 16.3 Å². The van der Waals surface area contributed by atoms with E-state index in [1.807, 2.05) is 0 Å². The molecule has 0 saturated heterocycles. The second-order valence-electron chi connectivity index (χ2n) is 8.20. The highest BCUT2D eigenvalue weighted by atomic mass is 16.5. The number of benzene rings is 2. The Labute approximate surface area is 171 Å². The van der Waals surface area contributed by atoms with E-state index in [0.717, 1.165) is 57.8 Å². The zero-order valence-electron chi connectivity index (χ0n) is 16.7. The van der Waals surface area contributed by atoms with Crippen molar-refractivity contribution in [1.29, 1.82) is 0 Å². The molecule has 2 aliphatic rings. The number of hydrogen-bond donors (Lipinski definition) is 1. The monoisotopic (exact) mass is 396 g/mol. The fraction of sp³-hybridized carbons (Fsp3) is 0.500. The van der Waals surface area contributed by atoms with Gasteiger partial charge in [-0.1, -0.05) is 37.1 Å². The topological polar surface area (TPSA) is 72.8 Å². The molecular formula is C24H28O5. The van der Waals surface area contributed by atoms with Gasteiger partial charge in [0.25, 0.3) is 0 Å². The van der Waals surface area contributed by atoms with Crippen LogP contribution in [0.3, 0.4) is 0 Å². The summed E-state index contributed by atoms with van der Waals surface area (Å²) in [7, 11) is 0. The maximum Gasteiger partial charge on any atom is 0.342 e. The molecule has 29 heavy (non-hydrogen) atoms. The largest absolute Gasteiger partial charge is 0.506 e. The Hall–Kier alpha value is -2.56. The number of rotatable bonds is 4. The third kappa shape index (κ3) is 4.39. The summed E-state index contributed by atoms with van der Waals surface area (Å²) in [6.45, 7) is 0. The number of phenols is 1.